The highest BCUT2D eigenvalue weighted by atomic mass is 19.1. The van der Waals surface area contributed by atoms with E-state index in [4.69, 9.17) is 0 Å². The van der Waals surface area contributed by atoms with Gasteiger partial charge in [0, 0.05) is 5.56 Å². The van der Waals surface area contributed by atoms with E-state index in [2.05, 4.69) is 17.2 Å². The lowest BCUT2D eigenvalue weighted by Crippen LogP contribution is -2.34. The second-order valence-corrected chi connectivity index (χ2v) is 5.56. The van der Waals surface area contributed by atoms with Crippen molar-refractivity contribution >= 4 is 0 Å². The van der Waals surface area contributed by atoms with E-state index in [0.717, 1.165) is 19.3 Å². The van der Waals surface area contributed by atoms with Crippen molar-refractivity contribution in [2.24, 2.45) is 5.92 Å². The Labute approximate surface area is 117 Å². The van der Waals surface area contributed by atoms with Gasteiger partial charge in [0.1, 0.15) is 11.5 Å². The maximum Gasteiger partial charge on any atom is 0.123 e. The number of aliphatic hydroxyl groups excluding tert-OH is 1. The Morgan fingerprint density at radius 1 is 1.35 bits per heavy atom. The second-order valence-electron chi connectivity index (χ2n) is 5.56. The molecule has 2 aromatic rings. The van der Waals surface area contributed by atoms with Crippen molar-refractivity contribution in [2.45, 2.75) is 38.3 Å². The molecular weight excluding hydrogens is 257 g/mol. The van der Waals surface area contributed by atoms with Gasteiger partial charge in [-0.1, -0.05) is 30.7 Å². The van der Waals surface area contributed by atoms with Crippen LogP contribution in [-0.4, -0.2) is 26.2 Å². The minimum Gasteiger partial charge on any atom is -0.391 e. The van der Waals surface area contributed by atoms with E-state index in [9.17, 15) is 9.50 Å². The molecule has 1 aliphatic rings. The van der Waals surface area contributed by atoms with Crippen LogP contribution in [0, 0.1) is 11.7 Å². The van der Waals surface area contributed by atoms with Gasteiger partial charge < -0.3 is 5.11 Å². The molecule has 1 N–H and O–H groups in total. The van der Waals surface area contributed by atoms with Gasteiger partial charge in [0.05, 0.1) is 18.3 Å². The lowest BCUT2D eigenvalue weighted by Gasteiger charge is -2.32. The predicted octanol–water partition coefficient (Wildman–Crippen LogP) is 2.81. The van der Waals surface area contributed by atoms with Crippen LogP contribution < -0.4 is 0 Å². The van der Waals surface area contributed by atoms with Gasteiger partial charge in [-0.15, -0.1) is 5.10 Å². The van der Waals surface area contributed by atoms with Gasteiger partial charge in [-0.3, -0.25) is 0 Å². The molecule has 0 aliphatic heterocycles. The molecule has 0 saturated heterocycles. The third-order valence-electron chi connectivity index (χ3n) is 4.11. The molecule has 1 aliphatic carbocycles. The number of hydrogen-bond donors (Lipinski definition) is 1. The predicted molar refractivity (Wildman–Crippen MR) is 73.5 cm³/mol. The lowest BCUT2D eigenvalue weighted by molar-refractivity contribution is 0.0254. The number of halogens is 1. The zero-order valence-electron chi connectivity index (χ0n) is 11.4. The molecule has 0 bridgehead atoms. The molecule has 106 valence electrons. The highest BCUT2D eigenvalue weighted by molar-refractivity contribution is 5.57. The molecule has 1 aromatic carbocycles. The first kappa shape index (κ1) is 13.2. The fraction of sp³-hybridized carbons (Fsp3) is 0.467. The van der Waals surface area contributed by atoms with E-state index in [0.29, 0.717) is 11.3 Å². The third-order valence-corrected chi connectivity index (χ3v) is 4.11. The summed E-state index contributed by atoms with van der Waals surface area (Å²) in [6.07, 6.45) is 4.42. The number of nitrogens with zero attached hydrogens (tertiary/aromatic N) is 3. The van der Waals surface area contributed by atoms with Gasteiger partial charge in [-0.2, -0.15) is 0 Å². The average molecular weight is 275 g/mol. The monoisotopic (exact) mass is 275 g/mol. The quantitative estimate of drug-likeness (QED) is 0.917. The second kappa shape index (κ2) is 5.32. The first-order valence-corrected chi connectivity index (χ1v) is 7.01. The summed E-state index contributed by atoms with van der Waals surface area (Å²) in [5.74, 6) is -0.0149. The Morgan fingerprint density at radius 3 is 3.00 bits per heavy atom. The van der Waals surface area contributed by atoms with E-state index >= 15 is 0 Å². The molecule has 1 aromatic heterocycles. The summed E-state index contributed by atoms with van der Waals surface area (Å²) in [6, 6.07) is 6.27. The maximum absolute atomic E-state index is 13.2. The van der Waals surface area contributed by atoms with Gasteiger partial charge in [0.15, 0.2) is 0 Å². The summed E-state index contributed by atoms with van der Waals surface area (Å²) >= 11 is 0. The summed E-state index contributed by atoms with van der Waals surface area (Å²) in [6.45, 7) is 2.06. The molecule has 1 fully saturated rings. The zero-order chi connectivity index (χ0) is 14.1. The van der Waals surface area contributed by atoms with E-state index in [1.807, 2.05) is 0 Å². The van der Waals surface area contributed by atoms with Crippen LogP contribution in [0.5, 0.6) is 0 Å². The fourth-order valence-electron chi connectivity index (χ4n) is 2.88. The molecular formula is C15H18FN3O. The maximum atomic E-state index is 13.2. The van der Waals surface area contributed by atoms with Gasteiger partial charge in [-0.25, -0.2) is 9.07 Å². The number of aliphatic hydroxyl groups is 1. The Morgan fingerprint density at radius 2 is 2.20 bits per heavy atom. The first-order valence-electron chi connectivity index (χ1n) is 7.01. The third kappa shape index (κ3) is 2.45. The van der Waals surface area contributed by atoms with Gasteiger partial charge >= 0.3 is 0 Å². The smallest absolute Gasteiger partial charge is 0.123 e. The molecule has 0 unspecified atom stereocenters. The minimum atomic E-state index is -0.397. The van der Waals surface area contributed by atoms with Crippen molar-refractivity contribution in [3.8, 4) is 11.3 Å². The van der Waals surface area contributed by atoms with Gasteiger partial charge in [0.2, 0.25) is 0 Å². The van der Waals surface area contributed by atoms with Crippen molar-refractivity contribution in [3.05, 3.63) is 36.3 Å². The fourth-order valence-corrected chi connectivity index (χ4v) is 2.88. The van der Waals surface area contributed by atoms with Crippen molar-refractivity contribution < 1.29 is 9.50 Å². The zero-order valence-corrected chi connectivity index (χ0v) is 11.4. The summed E-state index contributed by atoms with van der Waals surface area (Å²) < 4.78 is 15.0. The largest absolute Gasteiger partial charge is 0.391 e. The number of hydrogen-bond acceptors (Lipinski definition) is 3. The standard InChI is InChI=1S/C15H18FN3O/c1-10-4-2-7-14(15(10)20)19-9-13(17-18-19)11-5-3-6-12(16)8-11/h3,5-6,8-10,14-15,20H,2,4,7H2,1H3/t10-,14+,15+/m1/s1. The SMILES string of the molecule is C[C@@H]1CCC[C@H](n2cc(-c3cccc(F)c3)nn2)[C@H]1O. The van der Waals surface area contributed by atoms with Gasteiger partial charge in [0.25, 0.3) is 0 Å². The first-order chi connectivity index (χ1) is 9.65. The summed E-state index contributed by atoms with van der Waals surface area (Å²) in [5, 5.41) is 18.5. The van der Waals surface area contributed by atoms with E-state index < -0.39 is 6.10 Å². The minimum absolute atomic E-state index is 0.0337. The van der Waals surface area contributed by atoms with E-state index in [1.165, 1.54) is 12.1 Å². The number of rotatable bonds is 2. The number of aromatic nitrogens is 3. The van der Waals surface area contributed by atoms with E-state index in [-0.39, 0.29) is 17.8 Å². The molecule has 3 atom stereocenters. The van der Waals surface area contributed by atoms with Crippen molar-refractivity contribution in [2.75, 3.05) is 0 Å². The van der Waals surface area contributed by atoms with Crippen molar-refractivity contribution in [1.29, 1.82) is 0 Å². The van der Waals surface area contributed by atoms with Crippen LogP contribution in [0.2, 0.25) is 0 Å². The van der Waals surface area contributed by atoms with Crippen LogP contribution in [0.3, 0.4) is 0 Å². The van der Waals surface area contributed by atoms with Crippen LogP contribution in [0.15, 0.2) is 30.5 Å². The highest BCUT2D eigenvalue weighted by Gasteiger charge is 2.31. The Bertz CT molecular complexity index is 598. The molecule has 5 heteroatoms. The Kier molecular flexibility index (Phi) is 3.53. The van der Waals surface area contributed by atoms with Crippen LogP contribution in [-0.2, 0) is 0 Å². The summed E-state index contributed by atoms with van der Waals surface area (Å²) in [7, 11) is 0. The lowest BCUT2D eigenvalue weighted by atomic mass is 9.84. The molecule has 0 radical (unpaired) electrons. The van der Waals surface area contributed by atoms with Crippen LogP contribution >= 0.6 is 0 Å². The average Bonchev–Trinajstić information content (AvgIpc) is 2.91. The molecule has 0 spiro atoms. The Hall–Kier alpha value is -1.75. The van der Waals surface area contributed by atoms with Crippen molar-refractivity contribution in [3.63, 3.8) is 0 Å². The molecule has 0 amide bonds. The van der Waals surface area contributed by atoms with Crippen LogP contribution in [0.25, 0.3) is 11.3 Å². The van der Waals surface area contributed by atoms with Crippen molar-refractivity contribution in [1.82, 2.24) is 15.0 Å². The molecule has 1 heterocycles. The highest BCUT2D eigenvalue weighted by Crippen LogP contribution is 2.32. The number of benzene rings is 1. The topological polar surface area (TPSA) is 50.9 Å². The van der Waals surface area contributed by atoms with Gasteiger partial charge in [-0.05, 0) is 30.9 Å². The molecule has 20 heavy (non-hydrogen) atoms. The summed E-state index contributed by atoms with van der Waals surface area (Å²) in [4.78, 5) is 0. The molecule has 3 rings (SSSR count). The molecule has 1 saturated carbocycles. The Balaban J connectivity index is 1.86. The van der Waals surface area contributed by atoms with Crippen LogP contribution in [0.1, 0.15) is 32.2 Å². The normalized spacial score (nSPS) is 26.6. The van der Waals surface area contributed by atoms with E-state index in [1.54, 1.807) is 23.0 Å². The summed E-state index contributed by atoms with van der Waals surface area (Å²) in [5.41, 5.74) is 1.34. The molecule has 4 nitrogen and oxygen atoms in total. The van der Waals surface area contributed by atoms with Crippen LogP contribution in [0.4, 0.5) is 4.39 Å².